The number of hydrogen-bond donors (Lipinski definition) is 2. The third-order valence-electron chi connectivity index (χ3n) is 3.96. The molecule has 0 aromatic heterocycles. The number of carbonyl (C=O) groups is 2. The van der Waals surface area contributed by atoms with Gasteiger partial charge in [-0.25, -0.2) is 9.59 Å². The van der Waals surface area contributed by atoms with E-state index in [0.717, 1.165) is 5.56 Å². The number of aliphatic hydroxyl groups is 1. The summed E-state index contributed by atoms with van der Waals surface area (Å²) < 4.78 is 4.89. The zero-order chi connectivity index (χ0) is 19.7. The van der Waals surface area contributed by atoms with Crippen LogP contribution in [0.1, 0.15) is 70.3 Å². The molecule has 142 valence electrons. The normalized spacial score (nSPS) is 13.2. The minimum atomic E-state index is -0.998. The highest BCUT2D eigenvalue weighted by atomic mass is 16.6. The molecule has 1 aromatic carbocycles. The van der Waals surface area contributed by atoms with Gasteiger partial charge in [-0.1, -0.05) is 52.8 Å². The van der Waals surface area contributed by atoms with Crippen LogP contribution in [0.25, 0.3) is 0 Å². The van der Waals surface area contributed by atoms with Gasteiger partial charge in [0.05, 0.1) is 11.7 Å². The lowest BCUT2D eigenvalue weighted by molar-refractivity contribution is -0.161. The molecule has 0 bridgehead atoms. The van der Waals surface area contributed by atoms with E-state index in [9.17, 15) is 14.7 Å². The van der Waals surface area contributed by atoms with Crippen molar-refractivity contribution in [1.82, 2.24) is 0 Å². The van der Waals surface area contributed by atoms with E-state index in [4.69, 9.17) is 9.84 Å². The Labute approximate surface area is 151 Å². The van der Waals surface area contributed by atoms with Crippen LogP contribution in [-0.4, -0.2) is 34.4 Å². The van der Waals surface area contributed by atoms with Crippen molar-refractivity contribution in [2.45, 2.75) is 66.6 Å². The molecule has 0 fully saturated rings. The van der Waals surface area contributed by atoms with E-state index in [0.29, 0.717) is 5.56 Å². The smallest absolute Gasteiger partial charge is 0.335 e. The van der Waals surface area contributed by atoms with Crippen molar-refractivity contribution in [3.63, 3.8) is 0 Å². The van der Waals surface area contributed by atoms with Crippen LogP contribution in [0.2, 0.25) is 0 Å². The summed E-state index contributed by atoms with van der Waals surface area (Å²) in [5.74, 6) is -0.895. The van der Waals surface area contributed by atoms with Gasteiger partial charge >= 0.3 is 11.9 Å². The molecule has 1 aromatic rings. The van der Waals surface area contributed by atoms with Gasteiger partial charge in [0.15, 0.2) is 6.10 Å². The molecular formula is C20H32O5. The van der Waals surface area contributed by atoms with Crippen molar-refractivity contribution < 1.29 is 24.5 Å². The van der Waals surface area contributed by atoms with Crippen LogP contribution < -0.4 is 0 Å². The van der Waals surface area contributed by atoms with Gasteiger partial charge in [-0.05, 0) is 43.2 Å². The molecule has 2 unspecified atom stereocenters. The lowest BCUT2D eigenvalue weighted by Gasteiger charge is -2.21. The Morgan fingerprint density at radius 2 is 1.48 bits per heavy atom. The third-order valence-corrected chi connectivity index (χ3v) is 3.96. The molecule has 0 amide bonds. The number of ether oxygens (including phenoxy) is 1. The number of carbonyl (C=O) groups excluding carboxylic acids is 1. The molecule has 25 heavy (non-hydrogen) atoms. The molecule has 0 aliphatic rings. The Kier molecular flexibility index (Phi) is 10.1. The predicted molar refractivity (Wildman–Crippen MR) is 98.7 cm³/mol. The molecule has 2 atom stereocenters. The predicted octanol–water partition coefficient (Wildman–Crippen LogP) is 4.10. The van der Waals surface area contributed by atoms with Crippen molar-refractivity contribution in [2.24, 2.45) is 11.8 Å². The fourth-order valence-electron chi connectivity index (χ4n) is 2.08. The highest BCUT2D eigenvalue weighted by Gasteiger charge is 2.26. The lowest BCUT2D eigenvalue weighted by atomic mass is 9.92. The summed E-state index contributed by atoms with van der Waals surface area (Å²) in [6.45, 7) is 13.3. The first-order chi connectivity index (χ1) is 11.5. The Hall–Kier alpha value is -1.88. The lowest BCUT2D eigenvalue weighted by Crippen LogP contribution is -2.33. The fourth-order valence-corrected chi connectivity index (χ4v) is 2.08. The zero-order valence-corrected chi connectivity index (χ0v) is 16.3. The van der Waals surface area contributed by atoms with Gasteiger partial charge < -0.3 is 14.9 Å². The summed E-state index contributed by atoms with van der Waals surface area (Å²) in [5.41, 5.74) is 1.30. The van der Waals surface area contributed by atoms with E-state index in [2.05, 4.69) is 0 Å². The van der Waals surface area contributed by atoms with Gasteiger partial charge in [-0.2, -0.15) is 0 Å². The molecule has 2 N–H and O–H groups in total. The number of hydrogen-bond acceptors (Lipinski definition) is 4. The second kappa shape index (κ2) is 10.9. The number of carboxylic acid groups (broad SMARTS) is 1. The summed E-state index contributed by atoms with van der Waals surface area (Å²) in [6, 6.07) is 7.10. The van der Waals surface area contributed by atoms with E-state index in [-0.39, 0.29) is 23.9 Å². The molecule has 0 heterocycles. The maximum absolute atomic E-state index is 11.2. The highest BCUT2D eigenvalue weighted by Crippen LogP contribution is 2.18. The summed E-state index contributed by atoms with van der Waals surface area (Å²) in [6.07, 6.45) is -1.16. The van der Waals surface area contributed by atoms with Gasteiger partial charge in [0.25, 0.3) is 0 Å². The molecule has 0 aliphatic heterocycles. The topological polar surface area (TPSA) is 83.8 Å². The number of esters is 1. The van der Waals surface area contributed by atoms with Crippen molar-refractivity contribution >= 4 is 11.9 Å². The van der Waals surface area contributed by atoms with Crippen molar-refractivity contribution in [1.29, 1.82) is 0 Å². The molecule has 0 spiro atoms. The second-order valence-electron chi connectivity index (χ2n) is 7.08. The van der Waals surface area contributed by atoms with Gasteiger partial charge in [0, 0.05) is 0 Å². The van der Waals surface area contributed by atoms with E-state index in [1.54, 1.807) is 26.0 Å². The Morgan fingerprint density at radius 1 is 0.960 bits per heavy atom. The largest absolute Gasteiger partial charge is 0.478 e. The molecule has 0 radical (unpaired) electrons. The molecule has 0 saturated carbocycles. The first kappa shape index (κ1) is 23.1. The van der Waals surface area contributed by atoms with Crippen LogP contribution in [-0.2, 0) is 9.53 Å². The van der Waals surface area contributed by atoms with Crippen LogP contribution in [0.3, 0.4) is 0 Å². The fraction of sp³-hybridized carbons (Fsp3) is 0.600. The molecule has 5 heteroatoms. The summed E-state index contributed by atoms with van der Waals surface area (Å²) in [5, 5.41) is 18.3. The van der Waals surface area contributed by atoms with Crippen molar-refractivity contribution in [2.75, 3.05) is 0 Å². The van der Waals surface area contributed by atoms with Crippen LogP contribution in [0, 0.1) is 11.8 Å². The maximum atomic E-state index is 11.2. The first-order valence-electron chi connectivity index (χ1n) is 8.69. The van der Waals surface area contributed by atoms with Gasteiger partial charge in [-0.3, -0.25) is 0 Å². The third kappa shape index (κ3) is 8.16. The SMILES string of the molecule is CC(C)OC(=O)C(O)C(C)C(C)C.CC(C)c1ccccc1C(=O)O. The van der Waals surface area contributed by atoms with Gasteiger partial charge in [-0.15, -0.1) is 0 Å². The molecule has 5 nitrogen and oxygen atoms in total. The Bertz CT molecular complexity index is 549. The highest BCUT2D eigenvalue weighted by molar-refractivity contribution is 5.89. The van der Waals surface area contributed by atoms with Crippen molar-refractivity contribution in [3.05, 3.63) is 35.4 Å². The van der Waals surface area contributed by atoms with Gasteiger partial charge in [0.1, 0.15) is 0 Å². The summed E-state index contributed by atoms with van der Waals surface area (Å²) in [4.78, 5) is 22.0. The monoisotopic (exact) mass is 352 g/mol. The first-order valence-corrected chi connectivity index (χ1v) is 8.69. The number of aliphatic hydroxyl groups excluding tert-OH is 1. The minimum Gasteiger partial charge on any atom is -0.478 e. The average molecular weight is 352 g/mol. The van der Waals surface area contributed by atoms with Crippen LogP contribution >= 0.6 is 0 Å². The summed E-state index contributed by atoms with van der Waals surface area (Å²) in [7, 11) is 0. The van der Waals surface area contributed by atoms with E-state index >= 15 is 0 Å². The van der Waals surface area contributed by atoms with E-state index in [1.807, 2.05) is 46.8 Å². The molecule has 0 aliphatic carbocycles. The number of benzene rings is 1. The van der Waals surface area contributed by atoms with E-state index < -0.39 is 18.0 Å². The van der Waals surface area contributed by atoms with Crippen LogP contribution in [0.5, 0.6) is 0 Å². The standard InChI is InChI=1S/C10H20O3.C10H12O2/c1-6(2)8(5)9(11)10(12)13-7(3)4;1-7(2)8-5-3-4-6-9(8)10(11)12/h6-9,11H,1-5H3;3-7H,1-2H3,(H,11,12). The number of carboxylic acids is 1. The van der Waals surface area contributed by atoms with E-state index in [1.165, 1.54) is 0 Å². The van der Waals surface area contributed by atoms with Crippen LogP contribution in [0.4, 0.5) is 0 Å². The van der Waals surface area contributed by atoms with Crippen molar-refractivity contribution in [3.8, 4) is 0 Å². The molecule has 0 saturated heterocycles. The van der Waals surface area contributed by atoms with Gasteiger partial charge in [0.2, 0.25) is 0 Å². The van der Waals surface area contributed by atoms with Crippen LogP contribution in [0.15, 0.2) is 24.3 Å². The Balaban J connectivity index is 0.000000462. The maximum Gasteiger partial charge on any atom is 0.335 e. The zero-order valence-electron chi connectivity index (χ0n) is 16.3. The average Bonchev–Trinajstić information content (AvgIpc) is 2.53. The minimum absolute atomic E-state index is 0.0637. The second-order valence-corrected chi connectivity index (χ2v) is 7.08. The quantitative estimate of drug-likeness (QED) is 0.753. The molecule has 1 rings (SSSR count). The molecular weight excluding hydrogens is 320 g/mol. The Morgan fingerprint density at radius 3 is 1.84 bits per heavy atom. The number of aromatic carboxylic acids is 1. The summed E-state index contributed by atoms with van der Waals surface area (Å²) >= 11 is 0. The number of rotatable bonds is 6.